The molecule has 4 unspecified atom stereocenters. The molecule has 0 radical (unpaired) electrons. The summed E-state index contributed by atoms with van der Waals surface area (Å²) in [5.41, 5.74) is -1.50. The monoisotopic (exact) mass is 803 g/mol. The Bertz CT molecular complexity index is 2190. The van der Waals surface area contributed by atoms with E-state index in [1.54, 1.807) is 54.7 Å². The Morgan fingerprint density at radius 3 is 2.25 bits per heavy atom. The maximum Gasteiger partial charge on any atom is 0.408 e. The molecule has 4 atom stereocenters. The fourth-order valence-corrected chi connectivity index (χ4v) is 9.50. The molecule has 3 aliphatic carbocycles. The first-order valence-corrected chi connectivity index (χ1v) is 21.2. The zero-order valence-corrected chi connectivity index (χ0v) is 34.5. The minimum atomic E-state index is -3.89. The number of ether oxygens (including phenoxy) is 3. The Morgan fingerprint density at radius 2 is 1.67 bits per heavy atom. The molecule has 57 heavy (non-hydrogen) atoms. The van der Waals surface area contributed by atoms with Gasteiger partial charge in [0, 0.05) is 34.9 Å². The van der Waals surface area contributed by atoms with Crippen molar-refractivity contribution >= 4 is 44.7 Å². The number of pyridine rings is 1. The summed E-state index contributed by atoms with van der Waals surface area (Å²) in [4.78, 5) is 62.6. The Labute approximate surface area is 333 Å². The summed E-state index contributed by atoms with van der Waals surface area (Å²) in [6, 6.07) is 14.7. The van der Waals surface area contributed by atoms with Crippen LogP contribution < -0.4 is 24.8 Å². The molecule has 306 valence electrons. The van der Waals surface area contributed by atoms with Gasteiger partial charge in [0.1, 0.15) is 40.8 Å². The zero-order valence-electron chi connectivity index (χ0n) is 33.6. The summed E-state index contributed by atoms with van der Waals surface area (Å²) in [6.45, 7) is 10.6. The number of carbonyl (C=O) groups is 4. The third-order valence-corrected chi connectivity index (χ3v) is 13.4. The van der Waals surface area contributed by atoms with Crippen LogP contribution in [0.1, 0.15) is 86.5 Å². The number of rotatable bonds is 11. The number of amides is 4. The number of alkyl carbamates (subject to hydrolysis) is 1. The average molecular weight is 804 g/mol. The SMILES string of the molecule is COc1ccc2c(OC3CC(C(=O)NC4(C(=O)NS(=O)(=O)C5CC5)CC45CCC5)N(C(=O)C(NC(=O)OC(C)(C)C)C(C)(C)C)C3)cc(-c3ccccc3)nc2c1. The molecule has 1 saturated heterocycles. The van der Waals surface area contributed by atoms with E-state index in [0.717, 1.165) is 12.0 Å². The highest BCUT2D eigenvalue weighted by molar-refractivity contribution is 7.91. The van der Waals surface area contributed by atoms with E-state index < -0.39 is 79.2 Å². The summed E-state index contributed by atoms with van der Waals surface area (Å²) in [6.07, 6.45) is 2.00. The van der Waals surface area contributed by atoms with Crippen molar-refractivity contribution in [1.82, 2.24) is 25.2 Å². The highest BCUT2D eigenvalue weighted by Crippen LogP contribution is 2.68. The normalized spacial score (nSPS) is 23.2. The lowest BCUT2D eigenvalue weighted by Crippen LogP contribution is -2.61. The predicted octanol–water partition coefficient (Wildman–Crippen LogP) is 5.24. The van der Waals surface area contributed by atoms with E-state index in [0.29, 0.717) is 60.2 Å². The standard InChI is InChI=1S/C42H53N5O9S/c1-39(2,3)34(44-38(51)56-40(4,5)6)36(49)47-23-27(55-33-22-30(25-12-9-8-10-13-25)43-31-20-26(54-7)14-17-29(31)33)21-32(47)35(48)45-42(24-41(42)18-11-19-41)37(50)46-57(52,53)28-15-16-28/h8-10,12-14,17,20,22,27-28,32,34H,11,15-16,18-19,21,23-24H2,1-7H3,(H,44,51)(H,45,48)(H,46,50). The quantitative estimate of drug-likeness (QED) is 0.232. The first-order valence-electron chi connectivity index (χ1n) is 19.6. The van der Waals surface area contributed by atoms with Crippen LogP contribution in [-0.2, 0) is 29.1 Å². The molecule has 3 aromatic rings. The van der Waals surface area contributed by atoms with Gasteiger partial charge in [-0.2, -0.15) is 0 Å². The van der Waals surface area contributed by atoms with Crippen LogP contribution in [0, 0.1) is 10.8 Å². The van der Waals surface area contributed by atoms with E-state index in [-0.39, 0.29) is 13.0 Å². The molecule has 2 heterocycles. The second-order valence-electron chi connectivity index (χ2n) is 18.1. The van der Waals surface area contributed by atoms with Crippen molar-refractivity contribution in [2.75, 3.05) is 13.7 Å². The van der Waals surface area contributed by atoms with E-state index in [1.807, 2.05) is 48.5 Å². The van der Waals surface area contributed by atoms with Crippen LogP contribution >= 0.6 is 0 Å². The molecule has 4 amide bonds. The van der Waals surface area contributed by atoms with E-state index in [9.17, 15) is 27.6 Å². The van der Waals surface area contributed by atoms with Crippen molar-refractivity contribution in [2.45, 2.75) is 121 Å². The molecule has 1 aromatic heterocycles. The molecule has 15 heteroatoms. The van der Waals surface area contributed by atoms with Gasteiger partial charge in [0.2, 0.25) is 21.8 Å². The third-order valence-electron chi connectivity index (χ3n) is 11.6. The summed E-state index contributed by atoms with van der Waals surface area (Å²) in [5.74, 6) is -0.777. The number of methoxy groups -OCH3 is 1. The first-order chi connectivity index (χ1) is 26.7. The van der Waals surface area contributed by atoms with Crippen molar-refractivity contribution < 1.29 is 41.8 Å². The highest BCUT2D eigenvalue weighted by Gasteiger charge is 2.75. The lowest BCUT2D eigenvalue weighted by atomic mass is 9.77. The van der Waals surface area contributed by atoms with Crippen LogP contribution in [0.5, 0.6) is 11.5 Å². The second-order valence-corrected chi connectivity index (χ2v) is 20.0. The number of hydrogen-bond acceptors (Lipinski definition) is 10. The van der Waals surface area contributed by atoms with E-state index in [4.69, 9.17) is 19.2 Å². The molecule has 3 N–H and O–H groups in total. The Morgan fingerprint density at radius 1 is 0.965 bits per heavy atom. The fraction of sp³-hybridized carbons (Fsp3) is 0.548. The topological polar surface area (TPSA) is 182 Å². The van der Waals surface area contributed by atoms with Crippen molar-refractivity contribution in [3.63, 3.8) is 0 Å². The number of nitrogens with one attached hydrogen (secondary N) is 3. The van der Waals surface area contributed by atoms with Crippen LogP contribution in [-0.4, -0.2) is 90.3 Å². The lowest BCUT2D eigenvalue weighted by Gasteiger charge is -2.37. The summed E-state index contributed by atoms with van der Waals surface area (Å²) >= 11 is 0. The van der Waals surface area contributed by atoms with Crippen molar-refractivity contribution in [3.8, 4) is 22.8 Å². The number of carbonyl (C=O) groups excluding carboxylic acids is 4. The second kappa shape index (κ2) is 14.5. The maximum atomic E-state index is 14.7. The van der Waals surface area contributed by atoms with Gasteiger partial charge in [-0.3, -0.25) is 19.1 Å². The lowest BCUT2D eigenvalue weighted by molar-refractivity contribution is -0.143. The molecule has 0 bridgehead atoms. The van der Waals surface area contributed by atoms with Gasteiger partial charge < -0.3 is 29.7 Å². The average Bonchev–Trinajstić information content (AvgIpc) is 4.04. The first kappa shape index (κ1) is 40.3. The van der Waals surface area contributed by atoms with Gasteiger partial charge in [0.25, 0.3) is 5.91 Å². The molecule has 4 fully saturated rings. The van der Waals surface area contributed by atoms with E-state index >= 15 is 0 Å². The Kier molecular flexibility index (Phi) is 10.2. The molecule has 4 aliphatic rings. The van der Waals surface area contributed by atoms with E-state index in [2.05, 4.69) is 15.4 Å². The van der Waals surface area contributed by atoms with Gasteiger partial charge in [0.15, 0.2) is 0 Å². The molecule has 7 rings (SSSR count). The molecular weight excluding hydrogens is 751 g/mol. The number of sulfonamides is 1. The number of fused-ring (bicyclic) bond motifs is 1. The fourth-order valence-electron chi connectivity index (χ4n) is 8.15. The van der Waals surface area contributed by atoms with Crippen LogP contribution in [0.3, 0.4) is 0 Å². The van der Waals surface area contributed by atoms with Crippen molar-refractivity contribution in [2.24, 2.45) is 10.8 Å². The number of aromatic nitrogens is 1. The molecule has 2 aromatic carbocycles. The number of likely N-dealkylation sites (tertiary alicyclic amines) is 1. The minimum absolute atomic E-state index is 0.0272. The van der Waals surface area contributed by atoms with Crippen LogP contribution in [0.4, 0.5) is 4.79 Å². The van der Waals surface area contributed by atoms with Crippen LogP contribution in [0.25, 0.3) is 22.2 Å². The third kappa shape index (κ3) is 8.12. The number of nitrogens with zero attached hydrogens (tertiary/aromatic N) is 2. The van der Waals surface area contributed by atoms with Crippen molar-refractivity contribution in [1.29, 1.82) is 0 Å². The van der Waals surface area contributed by atoms with Gasteiger partial charge in [-0.05, 0) is 70.4 Å². The van der Waals surface area contributed by atoms with Crippen LogP contribution in [0.2, 0.25) is 0 Å². The molecular formula is C42H53N5O9S. The summed E-state index contributed by atoms with van der Waals surface area (Å²) < 4.78 is 45.8. The minimum Gasteiger partial charge on any atom is -0.497 e. The van der Waals surface area contributed by atoms with Gasteiger partial charge in [-0.1, -0.05) is 57.5 Å². The largest absolute Gasteiger partial charge is 0.497 e. The summed E-state index contributed by atoms with van der Waals surface area (Å²) in [7, 11) is -2.31. The smallest absolute Gasteiger partial charge is 0.408 e. The summed E-state index contributed by atoms with van der Waals surface area (Å²) in [5, 5.41) is 5.80. The molecule has 1 spiro atoms. The number of benzene rings is 2. The predicted molar refractivity (Wildman–Crippen MR) is 213 cm³/mol. The van der Waals surface area contributed by atoms with Gasteiger partial charge in [-0.25, -0.2) is 18.2 Å². The highest BCUT2D eigenvalue weighted by atomic mass is 32.2. The Hall–Kier alpha value is -4.92. The molecule has 1 aliphatic heterocycles. The van der Waals surface area contributed by atoms with E-state index in [1.165, 1.54) is 4.90 Å². The van der Waals surface area contributed by atoms with Crippen LogP contribution in [0.15, 0.2) is 54.6 Å². The zero-order chi connectivity index (χ0) is 41.1. The van der Waals surface area contributed by atoms with Gasteiger partial charge in [-0.15, -0.1) is 0 Å². The molecule has 14 nitrogen and oxygen atoms in total. The Balaban J connectivity index is 1.22. The number of hydrogen-bond donors (Lipinski definition) is 3. The van der Waals surface area contributed by atoms with Gasteiger partial charge >= 0.3 is 6.09 Å². The van der Waals surface area contributed by atoms with Crippen molar-refractivity contribution in [3.05, 3.63) is 54.6 Å². The molecule has 3 saturated carbocycles. The maximum absolute atomic E-state index is 14.7. The van der Waals surface area contributed by atoms with Gasteiger partial charge in [0.05, 0.1) is 30.1 Å².